The molecule has 2 aromatic rings. The van der Waals surface area contributed by atoms with Crippen LogP contribution in [0.5, 0.6) is 0 Å². The molecule has 1 aliphatic rings. The first kappa shape index (κ1) is 13.9. The Bertz CT molecular complexity index is 609. The Balaban J connectivity index is 1.69. The average Bonchev–Trinajstić information content (AvgIpc) is 2.99. The highest BCUT2D eigenvalue weighted by molar-refractivity contribution is 5.88. The number of hydrogen-bond acceptors (Lipinski definition) is 3. The van der Waals surface area contributed by atoms with Crippen molar-refractivity contribution < 1.29 is 14.3 Å². The summed E-state index contributed by atoms with van der Waals surface area (Å²) in [7, 11) is 0. The Hall–Kier alpha value is -2.07. The summed E-state index contributed by atoms with van der Waals surface area (Å²) in [5.74, 6) is -0.372. The first-order valence-electron chi connectivity index (χ1n) is 7.36. The molecular weight excluding hydrogens is 266 g/mol. The summed E-state index contributed by atoms with van der Waals surface area (Å²) < 4.78 is 5.31. The minimum absolute atomic E-state index is 0.183. The monoisotopic (exact) mass is 285 g/mol. The molecule has 0 aliphatic carbocycles. The summed E-state index contributed by atoms with van der Waals surface area (Å²) in [4.78, 5) is 13.3. The first-order valence-corrected chi connectivity index (χ1v) is 7.36. The third-order valence-electron chi connectivity index (χ3n) is 3.94. The van der Waals surface area contributed by atoms with Crippen LogP contribution in [0.2, 0.25) is 0 Å². The fourth-order valence-electron chi connectivity index (χ4n) is 2.75. The Labute approximate surface area is 124 Å². The van der Waals surface area contributed by atoms with E-state index in [2.05, 4.69) is 17.0 Å². The molecule has 110 valence electrons. The van der Waals surface area contributed by atoms with E-state index < -0.39 is 5.97 Å². The second-order valence-corrected chi connectivity index (χ2v) is 5.54. The maximum absolute atomic E-state index is 10.9. The van der Waals surface area contributed by atoms with E-state index in [0.29, 0.717) is 5.76 Å². The lowest BCUT2D eigenvalue weighted by atomic mass is 10.1. The van der Waals surface area contributed by atoms with E-state index in [9.17, 15) is 4.79 Å². The summed E-state index contributed by atoms with van der Waals surface area (Å²) in [5, 5.41) is 8.91. The van der Waals surface area contributed by atoms with Crippen molar-refractivity contribution in [3.05, 3.63) is 47.7 Å². The molecule has 1 fully saturated rings. The highest BCUT2D eigenvalue weighted by Gasteiger charge is 2.12. The molecule has 4 heteroatoms. The lowest BCUT2D eigenvalue weighted by molar-refractivity contribution is 0.0696. The topological polar surface area (TPSA) is 53.7 Å². The van der Waals surface area contributed by atoms with Crippen LogP contribution in [0.1, 0.15) is 35.2 Å². The van der Waals surface area contributed by atoms with Crippen LogP contribution in [0.25, 0.3) is 11.3 Å². The molecule has 3 rings (SSSR count). The molecule has 0 atom stereocenters. The number of likely N-dealkylation sites (tertiary alicyclic amines) is 1. The molecule has 21 heavy (non-hydrogen) atoms. The molecule has 4 nitrogen and oxygen atoms in total. The third-order valence-corrected chi connectivity index (χ3v) is 3.94. The SMILES string of the molecule is O=C(O)c1coc(-c2ccc(CN3CCCCC3)cc2)c1. The number of piperidine rings is 1. The van der Waals surface area contributed by atoms with Gasteiger partial charge in [-0.25, -0.2) is 4.79 Å². The molecule has 1 aromatic heterocycles. The number of benzene rings is 1. The zero-order valence-corrected chi connectivity index (χ0v) is 11.9. The summed E-state index contributed by atoms with van der Waals surface area (Å²) in [6.45, 7) is 3.35. The minimum Gasteiger partial charge on any atom is -0.478 e. The second kappa shape index (κ2) is 6.14. The van der Waals surface area contributed by atoms with Crippen LogP contribution < -0.4 is 0 Å². The molecule has 1 aromatic carbocycles. The van der Waals surface area contributed by atoms with Gasteiger partial charge in [-0.2, -0.15) is 0 Å². The fraction of sp³-hybridized carbons (Fsp3) is 0.353. The minimum atomic E-state index is -0.966. The summed E-state index contributed by atoms with van der Waals surface area (Å²) >= 11 is 0. The van der Waals surface area contributed by atoms with Crippen molar-refractivity contribution in [1.29, 1.82) is 0 Å². The lowest BCUT2D eigenvalue weighted by Gasteiger charge is -2.26. The molecule has 0 radical (unpaired) electrons. The van der Waals surface area contributed by atoms with Crippen LogP contribution in [-0.2, 0) is 6.54 Å². The van der Waals surface area contributed by atoms with Gasteiger partial charge in [0.15, 0.2) is 0 Å². The summed E-state index contributed by atoms with van der Waals surface area (Å²) in [6.07, 6.45) is 5.21. The highest BCUT2D eigenvalue weighted by Crippen LogP contribution is 2.23. The number of nitrogens with zero attached hydrogens (tertiary/aromatic N) is 1. The number of carboxylic acid groups (broad SMARTS) is 1. The van der Waals surface area contributed by atoms with Gasteiger partial charge in [0.2, 0.25) is 0 Å². The molecule has 0 saturated carbocycles. The highest BCUT2D eigenvalue weighted by atomic mass is 16.4. The lowest BCUT2D eigenvalue weighted by Crippen LogP contribution is -2.28. The molecule has 2 heterocycles. The number of carbonyl (C=O) groups is 1. The number of furan rings is 1. The van der Waals surface area contributed by atoms with Gasteiger partial charge in [0.05, 0.1) is 5.56 Å². The number of aromatic carboxylic acids is 1. The molecule has 1 saturated heterocycles. The van der Waals surface area contributed by atoms with Crippen molar-refractivity contribution in [3.63, 3.8) is 0 Å². The summed E-state index contributed by atoms with van der Waals surface area (Å²) in [6, 6.07) is 9.72. The van der Waals surface area contributed by atoms with Crippen LogP contribution in [-0.4, -0.2) is 29.1 Å². The smallest absolute Gasteiger partial charge is 0.338 e. The van der Waals surface area contributed by atoms with E-state index in [-0.39, 0.29) is 5.56 Å². The maximum atomic E-state index is 10.9. The van der Waals surface area contributed by atoms with Gasteiger partial charge in [-0.1, -0.05) is 30.7 Å². The van der Waals surface area contributed by atoms with Crippen LogP contribution in [0.4, 0.5) is 0 Å². The zero-order valence-electron chi connectivity index (χ0n) is 11.9. The Morgan fingerprint density at radius 1 is 1.14 bits per heavy atom. The third kappa shape index (κ3) is 3.34. The largest absolute Gasteiger partial charge is 0.478 e. The van der Waals surface area contributed by atoms with Gasteiger partial charge in [-0.15, -0.1) is 0 Å². The fourth-order valence-corrected chi connectivity index (χ4v) is 2.75. The van der Waals surface area contributed by atoms with E-state index in [1.807, 2.05) is 12.1 Å². The van der Waals surface area contributed by atoms with E-state index in [1.54, 1.807) is 6.07 Å². The zero-order chi connectivity index (χ0) is 14.7. The molecule has 0 spiro atoms. The summed E-state index contributed by atoms with van der Waals surface area (Å²) in [5.41, 5.74) is 2.37. The number of rotatable bonds is 4. The standard InChI is InChI=1S/C17H19NO3/c19-17(20)15-10-16(21-12-15)14-6-4-13(5-7-14)11-18-8-2-1-3-9-18/h4-7,10,12H,1-3,8-9,11H2,(H,19,20). The van der Waals surface area contributed by atoms with Crippen LogP contribution in [0.3, 0.4) is 0 Å². The van der Waals surface area contributed by atoms with E-state index in [0.717, 1.165) is 12.1 Å². The molecule has 0 bridgehead atoms. The van der Waals surface area contributed by atoms with E-state index in [1.165, 1.54) is 44.2 Å². The van der Waals surface area contributed by atoms with Gasteiger partial charge in [0, 0.05) is 12.1 Å². The Morgan fingerprint density at radius 2 is 1.86 bits per heavy atom. The predicted octanol–water partition coefficient (Wildman–Crippen LogP) is 3.63. The first-order chi connectivity index (χ1) is 10.2. The van der Waals surface area contributed by atoms with Gasteiger partial charge in [0.25, 0.3) is 0 Å². The van der Waals surface area contributed by atoms with Crippen molar-refractivity contribution in [2.45, 2.75) is 25.8 Å². The molecular formula is C17H19NO3. The van der Waals surface area contributed by atoms with Crippen LogP contribution in [0, 0.1) is 0 Å². The van der Waals surface area contributed by atoms with Gasteiger partial charge in [-0.3, -0.25) is 4.90 Å². The molecule has 1 aliphatic heterocycles. The van der Waals surface area contributed by atoms with E-state index in [4.69, 9.17) is 9.52 Å². The van der Waals surface area contributed by atoms with Crippen molar-refractivity contribution in [2.75, 3.05) is 13.1 Å². The van der Waals surface area contributed by atoms with Crippen molar-refractivity contribution in [2.24, 2.45) is 0 Å². The quantitative estimate of drug-likeness (QED) is 0.932. The number of hydrogen-bond donors (Lipinski definition) is 1. The number of carboxylic acids is 1. The van der Waals surface area contributed by atoms with Gasteiger partial charge < -0.3 is 9.52 Å². The van der Waals surface area contributed by atoms with Gasteiger partial charge in [0.1, 0.15) is 12.0 Å². The van der Waals surface area contributed by atoms with Crippen molar-refractivity contribution >= 4 is 5.97 Å². The van der Waals surface area contributed by atoms with E-state index >= 15 is 0 Å². The Morgan fingerprint density at radius 3 is 2.48 bits per heavy atom. The second-order valence-electron chi connectivity index (χ2n) is 5.54. The van der Waals surface area contributed by atoms with Crippen LogP contribution >= 0.6 is 0 Å². The molecule has 1 N–H and O–H groups in total. The predicted molar refractivity (Wildman–Crippen MR) is 80.2 cm³/mol. The maximum Gasteiger partial charge on any atom is 0.338 e. The molecule has 0 amide bonds. The van der Waals surface area contributed by atoms with Crippen molar-refractivity contribution in [1.82, 2.24) is 4.90 Å². The van der Waals surface area contributed by atoms with Gasteiger partial charge in [-0.05, 0) is 37.6 Å². The Kier molecular flexibility index (Phi) is 4.06. The van der Waals surface area contributed by atoms with Gasteiger partial charge >= 0.3 is 5.97 Å². The van der Waals surface area contributed by atoms with Crippen LogP contribution in [0.15, 0.2) is 41.0 Å². The normalized spacial score (nSPS) is 16.0. The van der Waals surface area contributed by atoms with Crippen molar-refractivity contribution in [3.8, 4) is 11.3 Å². The average molecular weight is 285 g/mol. The molecule has 0 unspecified atom stereocenters.